The van der Waals surface area contributed by atoms with E-state index in [0.29, 0.717) is 39.5 Å². The van der Waals surface area contributed by atoms with Crippen LogP contribution in [0.15, 0.2) is 0 Å². The number of hydrogen-bond donors (Lipinski definition) is 3. The number of carbonyl (C=O) groups excluding carboxylic acids is 1. The van der Waals surface area contributed by atoms with Crippen LogP contribution in [0.3, 0.4) is 0 Å². The number of nitrogens with one attached hydrogen (secondary N) is 1. The first-order valence-corrected chi connectivity index (χ1v) is 10.7. The third kappa shape index (κ3) is 15.5. The number of amides is 1. The predicted octanol–water partition coefficient (Wildman–Crippen LogP) is 2.62. The molecule has 0 spiro atoms. The summed E-state index contributed by atoms with van der Waals surface area (Å²) in [6.07, 6.45) is 4.43. The minimum atomic E-state index is -0.892. The van der Waals surface area contributed by atoms with Crippen molar-refractivity contribution in [1.82, 2.24) is 5.32 Å². The molecule has 1 amide bonds. The first kappa shape index (κ1) is 27.0. The number of rotatable bonds is 18. The van der Waals surface area contributed by atoms with E-state index in [-0.39, 0.29) is 17.9 Å². The van der Waals surface area contributed by atoms with Crippen molar-refractivity contribution in [3.8, 4) is 0 Å². The van der Waals surface area contributed by atoms with Gasteiger partial charge >= 0.3 is 0 Å². The van der Waals surface area contributed by atoms with Crippen LogP contribution in [0.4, 0.5) is 0 Å². The summed E-state index contributed by atoms with van der Waals surface area (Å²) >= 11 is 10.0. The summed E-state index contributed by atoms with van der Waals surface area (Å²) in [6, 6.07) is 0. The van der Waals surface area contributed by atoms with Crippen LogP contribution in [0.25, 0.3) is 0 Å². The van der Waals surface area contributed by atoms with Crippen LogP contribution in [-0.4, -0.2) is 69.3 Å². The van der Waals surface area contributed by atoms with Crippen molar-refractivity contribution in [2.75, 3.05) is 58.6 Å². The Kier molecular flexibility index (Phi) is 15.8. The van der Waals surface area contributed by atoms with Crippen molar-refractivity contribution in [1.29, 1.82) is 0 Å². The summed E-state index contributed by atoms with van der Waals surface area (Å²) < 4.78 is 15.7. The maximum absolute atomic E-state index is 12.2. The van der Waals surface area contributed by atoms with Crippen LogP contribution in [-0.2, 0) is 19.0 Å². The zero-order chi connectivity index (χ0) is 20.6. The van der Waals surface area contributed by atoms with E-state index in [4.69, 9.17) is 31.5 Å². The maximum atomic E-state index is 12.2. The molecule has 0 aromatic heterocycles. The first-order chi connectivity index (χ1) is 12.7. The molecule has 0 aromatic rings. The molecule has 0 saturated heterocycles. The topological polar surface area (TPSA) is 82.8 Å². The number of nitrogens with two attached hydrogens (primary N) is 1. The van der Waals surface area contributed by atoms with Gasteiger partial charge in [-0.3, -0.25) is 4.79 Å². The lowest BCUT2D eigenvalue weighted by Gasteiger charge is -2.27. The van der Waals surface area contributed by atoms with Gasteiger partial charge in [0.15, 0.2) is 0 Å². The predicted molar refractivity (Wildman–Crippen MR) is 115 cm³/mol. The van der Waals surface area contributed by atoms with Crippen molar-refractivity contribution >= 4 is 30.1 Å². The average molecular weight is 427 g/mol. The third-order valence-corrected chi connectivity index (χ3v) is 4.59. The van der Waals surface area contributed by atoms with Gasteiger partial charge in [-0.15, -0.1) is 11.6 Å². The number of unbranched alkanes of at least 4 members (excludes halogenated alkanes) is 3. The molecule has 0 fully saturated rings. The molecule has 6 nitrogen and oxygen atoms in total. The SMILES string of the molecule is CC(C)(CN)COCC(C)(S)C(=O)NCCOCCOCCCCCCCl. The van der Waals surface area contributed by atoms with E-state index in [2.05, 4.69) is 17.9 Å². The molecule has 8 heteroatoms. The van der Waals surface area contributed by atoms with Gasteiger partial charge in [0.2, 0.25) is 5.91 Å². The molecule has 0 aliphatic rings. The zero-order valence-corrected chi connectivity index (χ0v) is 18.9. The Balaban J connectivity index is 3.61. The number of hydrogen-bond acceptors (Lipinski definition) is 6. The molecule has 0 rings (SSSR count). The molecular weight excluding hydrogens is 388 g/mol. The summed E-state index contributed by atoms with van der Waals surface area (Å²) in [5.41, 5.74) is 5.56. The standard InChI is InChI=1S/C19H39ClN2O4S/c1-18(2,14-21)15-26-16-19(3,27)17(23)22-9-11-25-13-12-24-10-7-5-4-6-8-20/h27H,4-16,21H2,1-3H3,(H,22,23). The van der Waals surface area contributed by atoms with E-state index in [1.165, 1.54) is 0 Å². The lowest BCUT2D eigenvalue weighted by molar-refractivity contribution is -0.125. The van der Waals surface area contributed by atoms with Crippen LogP contribution < -0.4 is 11.1 Å². The Morgan fingerprint density at radius 3 is 2.22 bits per heavy atom. The van der Waals surface area contributed by atoms with Gasteiger partial charge in [-0.1, -0.05) is 26.7 Å². The molecule has 1 unspecified atom stereocenters. The lowest BCUT2D eigenvalue weighted by atomic mass is 9.95. The van der Waals surface area contributed by atoms with Crippen LogP contribution >= 0.6 is 24.2 Å². The van der Waals surface area contributed by atoms with Gasteiger partial charge in [0.1, 0.15) is 4.75 Å². The number of thiol groups is 1. The van der Waals surface area contributed by atoms with Crippen molar-refractivity contribution < 1.29 is 19.0 Å². The molecule has 0 heterocycles. The smallest absolute Gasteiger partial charge is 0.238 e. The molecule has 0 bridgehead atoms. The molecule has 0 saturated carbocycles. The average Bonchev–Trinajstić information content (AvgIpc) is 2.62. The number of carbonyl (C=O) groups is 1. The van der Waals surface area contributed by atoms with E-state index in [1.54, 1.807) is 6.92 Å². The second-order valence-corrected chi connectivity index (χ2v) is 9.08. The minimum absolute atomic E-state index is 0.111. The Morgan fingerprint density at radius 2 is 1.59 bits per heavy atom. The van der Waals surface area contributed by atoms with E-state index < -0.39 is 4.75 Å². The summed E-state index contributed by atoms with van der Waals surface area (Å²) in [7, 11) is 0. The van der Waals surface area contributed by atoms with Crippen LogP contribution in [0.1, 0.15) is 46.5 Å². The monoisotopic (exact) mass is 426 g/mol. The summed E-state index contributed by atoms with van der Waals surface area (Å²) in [4.78, 5) is 12.2. The molecule has 1 atom stereocenters. The highest BCUT2D eigenvalue weighted by Crippen LogP contribution is 2.18. The van der Waals surface area contributed by atoms with Gasteiger partial charge in [-0.25, -0.2) is 0 Å². The maximum Gasteiger partial charge on any atom is 0.238 e. The van der Waals surface area contributed by atoms with Crippen LogP contribution in [0.2, 0.25) is 0 Å². The normalized spacial score (nSPS) is 14.1. The van der Waals surface area contributed by atoms with Gasteiger partial charge in [-0.2, -0.15) is 12.6 Å². The fraction of sp³-hybridized carbons (Fsp3) is 0.947. The van der Waals surface area contributed by atoms with E-state index in [9.17, 15) is 4.79 Å². The van der Waals surface area contributed by atoms with Crippen molar-refractivity contribution in [2.24, 2.45) is 11.1 Å². The van der Waals surface area contributed by atoms with Crippen LogP contribution in [0, 0.1) is 5.41 Å². The van der Waals surface area contributed by atoms with E-state index in [0.717, 1.165) is 38.2 Å². The third-order valence-electron chi connectivity index (χ3n) is 3.99. The Bertz CT molecular complexity index is 385. The largest absolute Gasteiger partial charge is 0.379 e. The Hall–Kier alpha value is -0.0500. The second-order valence-electron chi connectivity index (χ2n) is 7.72. The molecule has 0 aromatic carbocycles. The highest BCUT2D eigenvalue weighted by Gasteiger charge is 2.30. The lowest BCUT2D eigenvalue weighted by Crippen LogP contribution is -2.45. The Morgan fingerprint density at radius 1 is 0.963 bits per heavy atom. The van der Waals surface area contributed by atoms with Gasteiger partial charge in [0.05, 0.1) is 33.0 Å². The van der Waals surface area contributed by atoms with Crippen molar-refractivity contribution in [2.45, 2.75) is 51.2 Å². The van der Waals surface area contributed by atoms with Crippen molar-refractivity contribution in [3.05, 3.63) is 0 Å². The Labute approximate surface area is 175 Å². The van der Waals surface area contributed by atoms with Gasteiger partial charge in [0.25, 0.3) is 0 Å². The molecule has 162 valence electrons. The van der Waals surface area contributed by atoms with E-state index in [1.807, 2.05) is 13.8 Å². The van der Waals surface area contributed by atoms with Gasteiger partial charge in [0, 0.05) is 24.4 Å². The minimum Gasteiger partial charge on any atom is -0.379 e. The summed E-state index contributed by atoms with van der Waals surface area (Å²) in [6.45, 7) is 9.73. The molecule has 0 aliphatic carbocycles. The van der Waals surface area contributed by atoms with Crippen LogP contribution in [0.5, 0.6) is 0 Å². The number of alkyl halides is 1. The highest BCUT2D eigenvalue weighted by molar-refractivity contribution is 7.82. The zero-order valence-electron chi connectivity index (χ0n) is 17.2. The molecular formula is C19H39ClN2O4S. The summed E-state index contributed by atoms with van der Waals surface area (Å²) in [5.74, 6) is 0.560. The molecule has 0 radical (unpaired) electrons. The summed E-state index contributed by atoms with van der Waals surface area (Å²) in [5, 5.41) is 2.82. The quantitative estimate of drug-likeness (QED) is 0.178. The molecule has 3 N–H and O–H groups in total. The highest BCUT2D eigenvalue weighted by atomic mass is 35.5. The van der Waals surface area contributed by atoms with Gasteiger partial charge < -0.3 is 25.3 Å². The number of ether oxygens (including phenoxy) is 3. The van der Waals surface area contributed by atoms with E-state index >= 15 is 0 Å². The fourth-order valence-electron chi connectivity index (χ4n) is 2.05. The molecule has 27 heavy (non-hydrogen) atoms. The fourth-order valence-corrected chi connectivity index (χ4v) is 2.41. The van der Waals surface area contributed by atoms with Gasteiger partial charge in [-0.05, 0) is 26.3 Å². The van der Waals surface area contributed by atoms with Crippen molar-refractivity contribution in [3.63, 3.8) is 0 Å². The molecule has 0 aliphatic heterocycles. The second kappa shape index (κ2) is 15.8. The first-order valence-electron chi connectivity index (χ1n) is 9.75. The number of halogens is 1.